The average molecular weight is 526 g/mol. The fourth-order valence-electron chi connectivity index (χ4n) is 10.1. The third kappa shape index (κ3) is 3.21. The number of hydrogen-bond acceptors (Lipinski definition) is 4. The van der Waals surface area contributed by atoms with Gasteiger partial charge in [0.25, 0.3) is 0 Å². The summed E-state index contributed by atoms with van der Waals surface area (Å²) >= 11 is 0. The van der Waals surface area contributed by atoms with Crippen LogP contribution in [0.1, 0.15) is 92.4 Å². The Labute approximate surface area is 226 Å². The van der Waals surface area contributed by atoms with Crippen molar-refractivity contribution in [1.82, 2.24) is 14.3 Å². The summed E-state index contributed by atoms with van der Waals surface area (Å²) in [5, 5.41) is 0. The molecular formula is C31H47N3O4. The first kappa shape index (κ1) is 26.4. The van der Waals surface area contributed by atoms with Crippen molar-refractivity contribution in [2.45, 2.75) is 110 Å². The molecule has 1 aromatic heterocycles. The topological polar surface area (TPSA) is 78.2 Å². The maximum Gasteiger partial charge on any atom is 0.345 e. The lowest BCUT2D eigenvalue weighted by atomic mass is 9.44. The van der Waals surface area contributed by atoms with E-state index in [1.54, 1.807) is 7.11 Å². The third-order valence-electron chi connectivity index (χ3n) is 11.9. The Bertz CT molecular complexity index is 1270. The Kier molecular flexibility index (Phi) is 6.12. The van der Waals surface area contributed by atoms with Crippen LogP contribution >= 0.6 is 0 Å². The van der Waals surface area contributed by atoms with Crippen molar-refractivity contribution in [1.29, 1.82) is 0 Å². The zero-order valence-electron chi connectivity index (χ0n) is 24.2. The third-order valence-corrected chi connectivity index (χ3v) is 11.9. The van der Waals surface area contributed by atoms with E-state index in [9.17, 15) is 9.59 Å². The summed E-state index contributed by atoms with van der Waals surface area (Å²) < 4.78 is 14.9. The largest absolute Gasteiger partial charge is 0.359 e. The minimum atomic E-state index is -0.622. The van der Waals surface area contributed by atoms with Crippen molar-refractivity contribution >= 4 is 0 Å². The molecule has 8 atom stereocenters. The van der Waals surface area contributed by atoms with E-state index in [2.05, 4.69) is 57.8 Å². The maximum atomic E-state index is 13.6. The highest BCUT2D eigenvalue weighted by molar-refractivity contribution is 5.49. The normalized spacial score (nSPS) is 41.4. The van der Waals surface area contributed by atoms with Gasteiger partial charge in [0.15, 0.2) is 0 Å². The maximum absolute atomic E-state index is 13.6. The standard InChI is InChI=1S/C31H47N3O4/c1-20(2)8-7-9-21(3)23-10-11-24-28(23,4)14-13-25-29(5)15-12-22(38-19-37-6)18-30(29)16-17-31(24,25)34-27(36)32-26(35)33(30)34/h13,16-17,20-24H,7-12,14-15,18-19H2,1-6H3,(H,32,35,36)/t21-,22+,23-,24-,28-,29-,30-,31+/m1/s1. The second-order valence-electron chi connectivity index (χ2n) is 14.1. The summed E-state index contributed by atoms with van der Waals surface area (Å²) in [6, 6.07) is 0. The van der Waals surface area contributed by atoms with E-state index in [-0.39, 0.29) is 35.1 Å². The monoisotopic (exact) mass is 525 g/mol. The molecule has 2 bridgehead atoms. The number of aromatic nitrogens is 3. The van der Waals surface area contributed by atoms with Crippen LogP contribution in [0.4, 0.5) is 0 Å². The second kappa shape index (κ2) is 8.82. The van der Waals surface area contributed by atoms with Crippen LogP contribution in [0, 0.1) is 34.5 Å². The van der Waals surface area contributed by atoms with Crippen molar-refractivity contribution in [3.63, 3.8) is 0 Å². The number of fused-ring (bicyclic) bond motifs is 1. The Hall–Kier alpha value is -1.86. The number of allylic oxidation sites excluding steroid dienone is 4. The molecule has 2 fully saturated rings. The van der Waals surface area contributed by atoms with Gasteiger partial charge in [0, 0.05) is 18.9 Å². The number of H-pyrrole nitrogens is 1. The lowest BCUT2D eigenvalue weighted by molar-refractivity contribution is -0.137. The zero-order chi connectivity index (χ0) is 27.1. The molecule has 1 N–H and O–H groups in total. The Morgan fingerprint density at radius 1 is 1.05 bits per heavy atom. The van der Waals surface area contributed by atoms with Gasteiger partial charge in [-0.25, -0.2) is 19.0 Å². The Morgan fingerprint density at radius 3 is 2.55 bits per heavy atom. The molecule has 0 amide bonds. The van der Waals surface area contributed by atoms with Crippen LogP contribution in [0.2, 0.25) is 0 Å². The lowest BCUT2D eigenvalue weighted by Crippen LogP contribution is -2.73. The van der Waals surface area contributed by atoms with Gasteiger partial charge in [0.05, 0.1) is 11.6 Å². The van der Waals surface area contributed by atoms with Crippen LogP contribution in [0.15, 0.2) is 33.4 Å². The van der Waals surface area contributed by atoms with Crippen molar-refractivity contribution in [2.75, 3.05) is 13.9 Å². The van der Waals surface area contributed by atoms with Gasteiger partial charge in [-0.15, -0.1) is 0 Å². The molecule has 0 unspecified atom stereocenters. The number of ether oxygens (including phenoxy) is 2. The quantitative estimate of drug-likeness (QED) is 0.368. The first-order chi connectivity index (χ1) is 18.0. The Morgan fingerprint density at radius 2 is 1.82 bits per heavy atom. The Balaban J connectivity index is 1.46. The van der Waals surface area contributed by atoms with E-state index in [0.717, 1.165) is 31.6 Å². The molecule has 6 aliphatic rings. The first-order valence-electron chi connectivity index (χ1n) is 15.0. The number of rotatable bonds is 8. The number of aromatic amines is 1. The second-order valence-corrected chi connectivity index (χ2v) is 14.1. The van der Waals surface area contributed by atoms with Gasteiger partial charge in [-0.05, 0) is 66.8 Å². The highest BCUT2D eigenvalue weighted by Gasteiger charge is 2.72. The summed E-state index contributed by atoms with van der Waals surface area (Å²) in [7, 11) is 1.64. The molecule has 2 saturated carbocycles. The molecule has 1 aromatic rings. The van der Waals surface area contributed by atoms with E-state index in [4.69, 9.17) is 9.47 Å². The van der Waals surface area contributed by atoms with Gasteiger partial charge in [0.1, 0.15) is 12.3 Å². The summed E-state index contributed by atoms with van der Waals surface area (Å²) in [4.78, 5) is 29.9. The van der Waals surface area contributed by atoms with E-state index in [1.165, 1.54) is 31.3 Å². The first-order valence-corrected chi connectivity index (χ1v) is 15.0. The van der Waals surface area contributed by atoms with Gasteiger partial charge in [-0.1, -0.05) is 72.1 Å². The van der Waals surface area contributed by atoms with Gasteiger partial charge in [-0.2, -0.15) is 0 Å². The number of hydrogen-bond donors (Lipinski definition) is 1. The molecule has 0 saturated heterocycles. The van der Waals surface area contributed by atoms with Crippen LogP contribution in [0.5, 0.6) is 0 Å². The van der Waals surface area contributed by atoms with Gasteiger partial charge < -0.3 is 9.47 Å². The lowest BCUT2D eigenvalue weighted by Gasteiger charge is -2.68. The predicted octanol–water partition coefficient (Wildman–Crippen LogP) is 5.32. The van der Waals surface area contributed by atoms with E-state index in [0.29, 0.717) is 24.2 Å². The van der Waals surface area contributed by atoms with Crippen molar-refractivity contribution < 1.29 is 9.47 Å². The van der Waals surface area contributed by atoms with E-state index >= 15 is 0 Å². The van der Waals surface area contributed by atoms with Crippen molar-refractivity contribution in [2.24, 2.45) is 34.5 Å². The summed E-state index contributed by atoms with van der Waals surface area (Å²) in [6.45, 7) is 12.2. The molecule has 0 aromatic carbocycles. The van der Waals surface area contributed by atoms with Crippen molar-refractivity contribution in [3.8, 4) is 0 Å². The molecule has 7 heteroatoms. The summed E-state index contributed by atoms with van der Waals surface area (Å²) in [5.74, 6) is 2.31. The molecule has 210 valence electrons. The molecule has 2 aliphatic heterocycles. The average Bonchev–Trinajstić information content (AvgIpc) is 3.39. The van der Waals surface area contributed by atoms with Gasteiger partial charge >= 0.3 is 11.4 Å². The van der Waals surface area contributed by atoms with Crippen LogP contribution in [0.3, 0.4) is 0 Å². The molecular weight excluding hydrogens is 478 g/mol. The summed E-state index contributed by atoms with van der Waals surface area (Å²) in [6.07, 6.45) is 16.8. The number of methoxy groups -OCH3 is 1. The molecule has 0 radical (unpaired) electrons. The summed E-state index contributed by atoms with van der Waals surface area (Å²) in [5.41, 5.74) is -0.542. The van der Waals surface area contributed by atoms with Gasteiger partial charge in [0.2, 0.25) is 0 Å². The van der Waals surface area contributed by atoms with Crippen molar-refractivity contribution in [3.05, 3.63) is 44.8 Å². The fraction of sp³-hybridized carbons (Fsp3) is 0.806. The minimum absolute atomic E-state index is 0.0272. The van der Waals surface area contributed by atoms with Crippen LogP contribution in [0.25, 0.3) is 0 Å². The van der Waals surface area contributed by atoms with E-state index in [1.807, 2.05) is 9.36 Å². The number of nitrogens with zero attached hydrogens (tertiary/aromatic N) is 2. The molecule has 7 nitrogen and oxygen atoms in total. The van der Waals surface area contributed by atoms with Gasteiger partial charge in [-0.3, -0.25) is 4.98 Å². The molecule has 4 aliphatic carbocycles. The molecule has 38 heavy (non-hydrogen) atoms. The SMILES string of the molecule is COCO[C@H]1CC[C@]2(C)C3=CC[C@]4(C)[C@@H]([C@H](C)CCCC(C)C)CC[C@H]4[C@@]34C=C[C@]2(C1)n1c(=O)[nH]c(=O)n14. The molecule has 3 heterocycles. The fourth-order valence-corrected chi connectivity index (χ4v) is 10.1. The number of nitrogens with one attached hydrogen (secondary N) is 1. The highest BCUT2D eigenvalue weighted by Crippen LogP contribution is 2.72. The highest BCUT2D eigenvalue weighted by atomic mass is 16.7. The van der Waals surface area contributed by atoms with E-state index < -0.39 is 11.1 Å². The smallest absolute Gasteiger partial charge is 0.345 e. The zero-order valence-corrected chi connectivity index (χ0v) is 24.2. The minimum Gasteiger partial charge on any atom is -0.359 e. The predicted molar refractivity (Wildman–Crippen MR) is 148 cm³/mol. The molecule has 2 spiro atoms. The van der Waals surface area contributed by atoms with Crippen LogP contribution in [-0.2, 0) is 20.6 Å². The van der Waals surface area contributed by atoms with Crippen LogP contribution in [-0.4, -0.2) is 34.4 Å². The van der Waals surface area contributed by atoms with Crippen LogP contribution < -0.4 is 11.4 Å². The molecule has 7 rings (SSSR count).